The zero-order valence-corrected chi connectivity index (χ0v) is 13.8. The molecule has 0 fully saturated rings. The molecular formula is C17H19FN4O2. The Morgan fingerprint density at radius 1 is 1.38 bits per heavy atom. The largest absolute Gasteiger partial charge is 0.382 e. The van der Waals surface area contributed by atoms with Gasteiger partial charge in [0, 0.05) is 31.3 Å². The molecule has 1 aromatic heterocycles. The molecule has 1 atom stereocenters. The number of carbonyl (C=O) groups excluding carboxylic acids is 1. The van der Waals surface area contributed by atoms with Crippen LogP contribution in [-0.4, -0.2) is 27.5 Å². The smallest absolute Gasteiger partial charge is 0.264 e. The number of halogens is 1. The molecule has 24 heavy (non-hydrogen) atoms. The van der Waals surface area contributed by atoms with Crippen LogP contribution in [0.1, 0.15) is 28.9 Å². The molecule has 2 heterocycles. The molecule has 0 saturated heterocycles. The van der Waals surface area contributed by atoms with Crippen LogP contribution in [0.15, 0.2) is 29.4 Å². The van der Waals surface area contributed by atoms with Crippen LogP contribution in [0.5, 0.6) is 0 Å². The van der Waals surface area contributed by atoms with Gasteiger partial charge in [-0.15, -0.1) is 0 Å². The second kappa shape index (κ2) is 6.43. The number of benzene rings is 1. The third kappa shape index (κ3) is 3.15. The molecule has 1 N–H and O–H groups in total. The predicted octanol–water partition coefficient (Wildman–Crippen LogP) is 1.99. The molecule has 1 unspecified atom stereocenters. The molecule has 7 heteroatoms. The van der Waals surface area contributed by atoms with Crippen molar-refractivity contribution in [3.63, 3.8) is 0 Å². The van der Waals surface area contributed by atoms with Crippen LogP contribution >= 0.6 is 0 Å². The fourth-order valence-corrected chi connectivity index (χ4v) is 2.69. The number of oxime groups is 1. The lowest BCUT2D eigenvalue weighted by molar-refractivity contribution is -0.131. The number of aryl methyl sites for hydroxylation is 2. The first-order valence-electron chi connectivity index (χ1n) is 7.71. The van der Waals surface area contributed by atoms with Gasteiger partial charge in [0.1, 0.15) is 5.82 Å². The van der Waals surface area contributed by atoms with Gasteiger partial charge in [-0.1, -0.05) is 17.3 Å². The molecule has 1 aromatic carbocycles. The molecule has 1 aliphatic rings. The third-order valence-corrected chi connectivity index (χ3v) is 4.24. The summed E-state index contributed by atoms with van der Waals surface area (Å²) in [7, 11) is 1.87. The second-order valence-corrected chi connectivity index (χ2v) is 5.83. The van der Waals surface area contributed by atoms with Crippen molar-refractivity contribution in [3.8, 4) is 0 Å². The van der Waals surface area contributed by atoms with E-state index in [0.717, 1.165) is 22.5 Å². The number of hydrogen-bond donors (Lipinski definition) is 1. The quantitative estimate of drug-likeness (QED) is 0.932. The Balaban J connectivity index is 1.58. The molecule has 0 bridgehead atoms. The summed E-state index contributed by atoms with van der Waals surface area (Å²) in [6.45, 7) is 4.27. The normalized spacial score (nSPS) is 16.7. The zero-order valence-electron chi connectivity index (χ0n) is 13.8. The molecule has 1 amide bonds. The number of nitrogens with one attached hydrogen (secondary N) is 1. The van der Waals surface area contributed by atoms with E-state index in [1.165, 1.54) is 12.1 Å². The standard InChI is InChI=1S/C17H19FN4O2/c1-10-14(11(2)22(3)20-10)9-19-17(23)16-8-15(21-24-16)12-4-6-13(18)7-5-12/h4-7,16H,8-9H2,1-3H3,(H,19,23). The number of aromatic nitrogens is 2. The van der Waals surface area contributed by atoms with Crippen molar-refractivity contribution in [1.29, 1.82) is 0 Å². The Morgan fingerprint density at radius 3 is 2.71 bits per heavy atom. The Kier molecular flexibility index (Phi) is 4.33. The summed E-state index contributed by atoms with van der Waals surface area (Å²) in [6.07, 6.45) is -0.301. The second-order valence-electron chi connectivity index (χ2n) is 5.83. The van der Waals surface area contributed by atoms with Crippen molar-refractivity contribution >= 4 is 11.6 Å². The Labute approximate surface area is 139 Å². The van der Waals surface area contributed by atoms with Crippen molar-refractivity contribution in [2.75, 3.05) is 0 Å². The minimum Gasteiger partial charge on any atom is -0.382 e. The Hall–Kier alpha value is -2.70. The molecule has 0 spiro atoms. The number of amides is 1. The highest BCUT2D eigenvalue weighted by Gasteiger charge is 2.29. The lowest BCUT2D eigenvalue weighted by Gasteiger charge is -2.10. The van der Waals surface area contributed by atoms with Crippen LogP contribution in [0.4, 0.5) is 4.39 Å². The summed E-state index contributed by atoms with van der Waals surface area (Å²) in [4.78, 5) is 17.5. The van der Waals surface area contributed by atoms with Crippen molar-refractivity contribution in [2.45, 2.75) is 32.9 Å². The van der Waals surface area contributed by atoms with Crippen molar-refractivity contribution in [2.24, 2.45) is 12.2 Å². The lowest BCUT2D eigenvalue weighted by Crippen LogP contribution is -2.34. The number of hydrogen-bond acceptors (Lipinski definition) is 4. The van der Waals surface area contributed by atoms with Gasteiger partial charge in [0.25, 0.3) is 5.91 Å². The van der Waals surface area contributed by atoms with Gasteiger partial charge in [0.05, 0.1) is 11.4 Å². The molecule has 126 valence electrons. The Morgan fingerprint density at radius 2 is 2.08 bits per heavy atom. The highest BCUT2D eigenvalue weighted by atomic mass is 19.1. The van der Waals surface area contributed by atoms with E-state index in [1.54, 1.807) is 16.8 Å². The van der Waals surface area contributed by atoms with Crippen LogP contribution in [0.2, 0.25) is 0 Å². The topological polar surface area (TPSA) is 68.5 Å². The Bertz CT molecular complexity index is 796. The maximum atomic E-state index is 13.0. The van der Waals surface area contributed by atoms with Crippen LogP contribution in [-0.2, 0) is 23.2 Å². The van der Waals surface area contributed by atoms with E-state index in [9.17, 15) is 9.18 Å². The van der Waals surface area contributed by atoms with Gasteiger partial charge in [-0.05, 0) is 31.5 Å². The SMILES string of the molecule is Cc1nn(C)c(C)c1CNC(=O)C1CC(c2ccc(F)cc2)=NO1. The van der Waals surface area contributed by atoms with Gasteiger partial charge < -0.3 is 10.2 Å². The number of carbonyl (C=O) groups is 1. The first-order chi connectivity index (χ1) is 11.5. The van der Waals surface area contributed by atoms with E-state index >= 15 is 0 Å². The van der Waals surface area contributed by atoms with Gasteiger partial charge in [0.15, 0.2) is 0 Å². The van der Waals surface area contributed by atoms with Crippen molar-refractivity contribution < 1.29 is 14.0 Å². The fraction of sp³-hybridized carbons (Fsp3) is 0.353. The molecule has 0 saturated carbocycles. The summed E-state index contributed by atoms with van der Waals surface area (Å²) in [5.74, 6) is -0.534. The van der Waals surface area contributed by atoms with E-state index in [1.807, 2.05) is 20.9 Å². The maximum Gasteiger partial charge on any atom is 0.264 e. The minimum atomic E-state index is -0.665. The average molecular weight is 330 g/mol. The van der Waals surface area contributed by atoms with Crippen LogP contribution in [0.25, 0.3) is 0 Å². The summed E-state index contributed by atoms with van der Waals surface area (Å²) < 4.78 is 14.8. The first-order valence-corrected chi connectivity index (χ1v) is 7.71. The molecule has 6 nitrogen and oxygen atoms in total. The average Bonchev–Trinajstić information content (AvgIpc) is 3.13. The summed E-state index contributed by atoms with van der Waals surface area (Å²) in [5.41, 5.74) is 4.31. The van der Waals surface area contributed by atoms with Gasteiger partial charge in [-0.25, -0.2) is 4.39 Å². The van der Waals surface area contributed by atoms with Gasteiger partial charge >= 0.3 is 0 Å². The summed E-state index contributed by atoms with van der Waals surface area (Å²) in [5, 5.41) is 11.1. The van der Waals surface area contributed by atoms with E-state index in [-0.39, 0.29) is 11.7 Å². The first kappa shape index (κ1) is 16.2. The third-order valence-electron chi connectivity index (χ3n) is 4.24. The lowest BCUT2D eigenvalue weighted by atomic mass is 10.0. The fourth-order valence-electron chi connectivity index (χ4n) is 2.69. The van der Waals surface area contributed by atoms with E-state index in [0.29, 0.717) is 18.7 Å². The van der Waals surface area contributed by atoms with Gasteiger partial charge in [-0.2, -0.15) is 5.10 Å². The van der Waals surface area contributed by atoms with Crippen LogP contribution < -0.4 is 5.32 Å². The van der Waals surface area contributed by atoms with Crippen LogP contribution in [0.3, 0.4) is 0 Å². The van der Waals surface area contributed by atoms with E-state index in [2.05, 4.69) is 15.6 Å². The summed E-state index contributed by atoms with van der Waals surface area (Å²) in [6, 6.07) is 5.97. The summed E-state index contributed by atoms with van der Waals surface area (Å²) >= 11 is 0. The van der Waals surface area contributed by atoms with Crippen molar-refractivity contribution in [3.05, 3.63) is 52.6 Å². The molecule has 1 aliphatic heterocycles. The van der Waals surface area contributed by atoms with Gasteiger partial charge in [-0.3, -0.25) is 9.48 Å². The monoisotopic (exact) mass is 330 g/mol. The molecule has 2 aromatic rings. The molecule has 3 rings (SSSR count). The van der Waals surface area contributed by atoms with E-state index in [4.69, 9.17) is 4.84 Å². The maximum absolute atomic E-state index is 13.0. The van der Waals surface area contributed by atoms with E-state index < -0.39 is 6.10 Å². The molecule has 0 aliphatic carbocycles. The van der Waals surface area contributed by atoms with Gasteiger partial charge in [0.2, 0.25) is 6.10 Å². The number of nitrogens with zero attached hydrogens (tertiary/aromatic N) is 3. The predicted molar refractivity (Wildman–Crippen MR) is 87.0 cm³/mol. The number of rotatable bonds is 4. The highest BCUT2D eigenvalue weighted by molar-refractivity contribution is 6.04. The highest BCUT2D eigenvalue weighted by Crippen LogP contribution is 2.18. The molecular weight excluding hydrogens is 311 g/mol. The van der Waals surface area contributed by atoms with Crippen LogP contribution in [0, 0.1) is 19.7 Å². The zero-order chi connectivity index (χ0) is 17.3. The minimum absolute atomic E-state index is 0.224. The molecule has 0 radical (unpaired) electrons. The van der Waals surface area contributed by atoms with Crippen molar-refractivity contribution in [1.82, 2.24) is 15.1 Å².